The third kappa shape index (κ3) is 1.14. The van der Waals surface area contributed by atoms with Crippen LogP contribution in [-0.2, 0) is 12.8 Å². The maximum Gasteiger partial charge on any atom is 0.150 e. The Morgan fingerprint density at radius 3 is 2.92 bits per heavy atom. The smallest absolute Gasteiger partial charge is 0.150 e. The van der Waals surface area contributed by atoms with Gasteiger partial charge in [0, 0.05) is 10.6 Å². The fourth-order valence-electron chi connectivity index (χ4n) is 1.74. The molecule has 0 saturated carbocycles. The van der Waals surface area contributed by atoms with Gasteiger partial charge >= 0.3 is 0 Å². The second-order valence-electron chi connectivity index (χ2n) is 3.11. The number of hydrogen-bond acceptors (Lipinski definition) is 1. The number of carbonyl (C=O) groups excluding carboxylic acids is 1. The van der Waals surface area contributed by atoms with Crippen molar-refractivity contribution in [1.29, 1.82) is 0 Å². The van der Waals surface area contributed by atoms with Crippen LogP contribution in [0.3, 0.4) is 0 Å². The van der Waals surface area contributed by atoms with Crippen molar-refractivity contribution in [2.75, 3.05) is 0 Å². The van der Waals surface area contributed by atoms with Gasteiger partial charge in [0.05, 0.1) is 0 Å². The van der Waals surface area contributed by atoms with Gasteiger partial charge < -0.3 is 0 Å². The number of benzene rings is 1. The van der Waals surface area contributed by atoms with Gasteiger partial charge in [-0.2, -0.15) is 0 Å². The molecule has 0 radical (unpaired) electrons. The van der Waals surface area contributed by atoms with Crippen LogP contribution in [0.5, 0.6) is 0 Å². The van der Waals surface area contributed by atoms with Crippen molar-refractivity contribution in [2.45, 2.75) is 19.3 Å². The zero-order valence-electron chi connectivity index (χ0n) is 6.64. The fourth-order valence-corrected chi connectivity index (χ4v) is 2.09. The van der Waals surface area contributed by atoms with Crippen LogP contribution in [0.2, 0.25) is 5.02 Å². The van der Waals surface area contributed by atoms with E-state index in [1.54, 1.807) is 6.07 Å². The van der Waals surface area contributed by atoms with Crippen LogP contribution in [0.15, 0.2) is 12.1 Å². The molecule has 2 heteroatoms. The molecule has 1 aliphatic carbocycles. The van der Waals surface area contributed by atoms with Crippen molar-refractivity contribution < 1.29 is 4.79 Å². The van der Waals surface area contributed by atoms with E-state index in [0.717, 1.165) is 30.6 Å². The largest absolute Gasteiger partial charge is 0.298 e. The highest BCUT2D eigenvalue weighted by molar-refractivity contribution is 6.31. The van der Waals surface area contributed by atoms with Gasteiger partial charge in [-0.25, -0.2) is 0 Å². The Bertz CT molecular complexity index is 331. The topological polar surface area (TPSA) is 17.1 Å². The molecule has 12 heavy (non-hydrogen) atoms. The number of fused-ring (bicyclic) bond motifs is 1. The second-order valence-corrected chi connectivity index (χ2v) is 3.52. The van der Waals surface area contributed by atoms with Crippen molar-refractivity contribution in [3.63, 3.8) is 0 Å². The first-order valence-corrected chi connectivity index (χ1v) is 4.45. The van der Waals surface area contributed by atoms with E-state index in [-0.39, 0.29) is 0 Å². The Balaban J connectivity index is 2.58. The molecule has 0 atom stereocenters. The second kappa shape index (κ2) is 2.91. The number of hydrogen-bond donors (Lipinski definition) is 0. The van der Waals surface area contributed by atoms with Crippen LogP contribution in [0.1, 0.15) is 27.9 Å². The van der Waals surface area contributed by atoms with E-state index in [1.165, 1.54) is 11.1 Å². The van der Waals surface area contributed by atoms with Crippen LogP contribution in [0.25, 0.3) is 0 Å². The molecule has 0 saturated heterocycles. The summed E-state index contributed by atoms with van der Waals surface area (Å²) >= 11 is 5.99. The lowest BCUT2D eigenvalue weighted by atomic mass is 10.1. The Labute approximate surface area is 76.4 Å². The van der Waals surface area contributed by atoms with Gasteiger partial charge in [-0.1, -0.05) is 11.6 Å². The Hall–Kier alpha value is -0.820. The van der Waals surface area contributed by atoms with E-state index < -0.39 is 0 Å². The first-order valence-electron chi connectivity index (χ1n) is 4.08. The normalized spacial score (nSPS) is 14.4. The highest BCUT2D eigenvalue weighted by Gasteiger charge is 2.14. The lowest BCUT2D eigenvalue weighted by molar-refractivity contribution is 0.112. The molecule has 0 aliphatic heterocycles. The molecular weight excluding hydrogens is 172 g/mol. The first kappa shape index (κ1) is 7.81. The average Bonchev–Trinajstić information content (AvgIpc) is 2.52. The van der Waals surface area contributed by atoms with E-state index in [1.807, 2.05) is 6.07 Å². The summed E-state index contributed by atoms with van der Waals surface area (Å²) in [7, 11) is 0. The fraction of sp³-hybridized carbons (Fsp3) is 0.300. The van der Waals surface area contributed by atoms with Crippen LogP contribution >= 0.6 is 11.6 Å². The van der Waals surface area contributed by atoms with E-state index in [2.05, 4.69) is 0 Å². The number of aryl methyl sites for hydroxylation is 1. The summed E-state index contributed by atoms with van der Waals surface area (Å²) in [6, 6.07) is 3.69. The molecule has 1 aromatic rings. The summed E-state index contributed by atoms with van der Waals surface area (Å²) in [4.78, 5) is 10.5. The van der Waals surface area contributed by atoms with Crippen LogP contribution in [0, 0.1) is 0 Å². The predicted octanol–water partition coefficient (Wildman–Crippen LogP) is 2.64. The molecule has 0 amide bonds. The molecule has 62 valence electrons. The monoisotopic (exact) mass is 180 g/mol. The molecule has 0 spiro atoms. The van der Waals surface area contributed by atoms with Crippen molar-refractivity contribution in [2.24, 2.45) is 0 Å². The highest BCUT2D eigenvalue weighted by Crippen LogP contribution is 2.29. The quantitative estimate of drug-likeness (QED) is 0.608. The van der Waals surface area contributed by atoms with Gasteiger partial charge in [0.25, 0.3) is 0 Å². The number of aldehydes is 1. The Kier molecular flexibility index (Phi) is 1.89. The summed E-state index contributed by atoms with van der Waals surface area (Å²) < 4.78 is 0. The Morgan fingerprint density at radius 2 is 2.17 bits per heavy atom. The van der Waals surface area contributed by atoms with Crippen molar-refractivity contribution >= 4 is 17.9 Å². The van der Waals surface area contributed by atoms with Crippen LogP contribution in [0.4, 0.5) is 0 Å². The first-order chi connectivity index (χ1) is 5.81. The SMILES string of the molecule is O=Cc1cc(Cl)c2c(c1)CCC2. The third-order valence-corrected chi connectivity index (χ3v) is 2.66. The maximum absolute atomic E-state index is 10.5. The average molecular weight is 181 g/mol. The number of carbonyl (C=O) groups is 1. The minimum Gasteiger partial charge on any atom is -0.298 e. The zero-order valence-corrected chi connectivity index (χ0v) is 7.40. The van der Waals surface area contributed by atoms with Gasteiger partial charge in [0.2, 0.25) is 0 Å². The molecule has 0 aromatic heterocycles. The van der Waals surface area contributed by atoms with Crippen LogP contribution in [-0.4, -0.2) is 6.29 Å². The molecule has 1 nitrogen and oxygen atoms in total. The maximum atomic E-state index is 10.5. The third-order valence-electron chi connectivity index (χ3n) is 2.32. The molecule has 0 fully saturated rings. The van der Waals surface area contributed by atoms with Gasteiger partial charge in [-0.15, -0.1) is 0 Å². The zero-order chi connectivity index (χ0) is 8.55. The lowest BCUT2D eigenvalue weighted by Gasteiger charge is -2.02. The van der Waals surface area contributed by atoms with Crippen molar-refractivity contribution in [1.82, 2.24) is 0 Å². The van der Waals surface area contributed by atoms with Gasteiger partial charge in [-0.05, 0) is 42.5 Å². The Morgan fingerprint density at radius 1 is 1.33 bits per heavy atom. The highest BCUT2D eigenvalue weighted by atomic mass is 35.5. The predicted molar refractivity (Wildman–Crippen MR) is 48.9 cm³/mol. The van der Waals surface area contributed by atoms with Gasteiger partial charge in [0.15, 0.2) is 0 Å². The summed E-state index contributed by atoms with van der Waals surface area (Å²) in [5, 5.41) is 0.757. The molecule has 1 aliphatic rings. The van der Waals surface area contributed by atoms with Crippen molar-refractivity contribution in [3.05, 3.63) is 33.8 Å². The summed E-state index contributed by atoms with van der Waals surface area (Å²) in [6.45, 7) is 0. The number of halogens is 1. The van der Waals surface area contributed by atoms with Crippen LogP contribution < -0.4 is 0 Å². The summed E-state index contributed by atoms with van der Waals surface area (Å²) in [5.41, 5.74) is 3.19. The molecule has 0 N–H and O–H groups in total. The summed E-state index contributed by atoms with van der Waals surface area (Å²) in [5.74, 6) is 0. The van der Waals surface area contributed by atoms with E-state index in [4.69, 9.17) is 11.6 Å². The van der Waals surface area contributed by atoms with Crippen molar-refractivity contribution in [3.8, 4) is 0 Å². The standard InChI is InChI=1S/C10H9ClO/c11-10-5-7(6-12)4-8-2-1-3-9(8)10/h4-6H,1-3H2. The molecule has 1 aromatic carbocycles. The molecule has 0 heterocycles. The van der Waals surface area contributed by atoms with E-state index in [0.29, 0.717) is 5.56 Å². The molecular formula is C10H9ClO. The van der Waals surface area contributed by atoms with Gasteiger partial charge in [-0.3, -0.25) is 4.79 Å². The lowest BCUT2D eigenvalue weighted by Crippen LogP contribution is -1.88. The number of rotatable bonds is 1. The molecule has 0 bridgehead atoms. The summed E-state index contributed by atoms with van der Waals surface area (Å²) in [6.07, 6.45) is 4.14. The minimum absolute atomic E-state index is 0.695. The minimum atomic E-state index is 0.695. The van der Waals surface area contributed by atoms with E-state index in [9.17, 15) is 4.79 Å². The van der Waals surface area contributed by atoms with Gasteiger partial charge in [0.1, 0.15) is 6.29 Å². The molecule has 2 rings (SSSR count). The molecule has 0 unspecified atom stereocenters. The van der Waals surface area contributed by atoms with E-state index >= 15 is 0 Å².